The summed E-state index contributed by atoms with van der Waals surface area (Å²) in [6, 6.07) is 9.14. The Kier molecular flexibility index (Phi) is 5.06. The third-order valence-electron chi connectivity index (χ3n) is 2.17. The van der Waals surface area contributed by atoms with Gasteiger partial charge in [0.05, 0.1) is 5.57 Å². The van der Waals surface area contributed by atoms with Gasteiger partial charge in [-0.05, 0) is 18.1 Å². The van der Waals surface area contributed by atoms with Crippen molar-refractivity contribution in [3.05, 3.63) is 54.1 Å². The van der Waals surface area contributed by atoms with Crippen molar-refractivity contribution in [2.75, 3.05) is 0 Å². The van der Waals surface area contributed by atoms with Crippen molar-refractivity contribution in [3.8, 4) is 0 Å². The van der Waals surface area contributed by atoms with Crippen molar-refractivity contribution >= 4 is 11.5 Å². The SMILES string of the molecule is CCC/C=C/C=C(/C(=O)O)c1ccccc1. The van der Waals surface area contributed by atoms with Crippen molar-refractivity contribution in [2.24, 2.45) is 0 Å². The maximum atomic E-state index is 11.1. The fourth-order valence-electron chi connectivity index (χ4n) is 1.34. The summed E-state index contributed by atoms with van der Waals surface area (Å²) in [5.41, 5.74) is 1.06. The van der Waals surface area contributed by atoms with Crippen LogP contribution in [-0.4, -0.2) is 11.1 Å². The summed E-state index contributed by atoms with van der Waals surface area (Å²) < 4.78 is 0. The molecule has 0 aromatic heterocycles. The van der Waals surface area contributed by atoms with Gasteiger partial charge in [-0.25, -0.2) is 4.79 Å². The van der Waals surface area contributed by atoms with Gasteiger partial charge in [0.2, 0.25) is 0 Å². The van der Waals surface area contributed by atoms with E-state index in [1.165, 1.54) is 0 Å². The second kappa shape index (κ2) is 6.62. The third-order valence-corrected chi connectivity index (χ3v) is 2.17. The number of rotatable bonds is 5. The van der Waals surface area contributed by atoms with Gasteiger partial charge < -0.3 is 5.11 Å². The summed E-state index contributed by atoms with van der Waals surface area (Å²) in [5, 5.41) is 9.08. The molecule has 0 atom stereocenters. The number of benzene rings is 1. The lowest BCUT2D eigenvalue weighted by Gasteiger charge is -2.00. The van der Waals surface area contributed by atoms with Crippen molar-refractivity contribution in [1.29, 1.82) is 0 Å². The zero-order valence-corrected chi connectivity index (χ0v) is 9.39. The van der Waals surface area contributed by atoms with Crippen LogP contribution in [0, 0.1) is 0 Å². The first-order chi connectivity index (χ1) is 7.75. The van der Waals surface area contributed by atoms with Gasteiger partial charge in [-0.2, -0.15) is 0 Å². The summed E-state index contributed by atoms with van der Waals surface area (Å²) in [4.78, 5) is 11.1. The number of allylic oxidation sites excluding steroid dienone is 3. The van der Waals surface area contributed by atoms with E-state index in [0.717, 1.165) is 18.4 Å². The van der Waals surface area contributed by atoms with Gasteiger partial charge in [-0.1, -0.05) is 55.8 Å². The van der Waals surface area contributed by atoms with E-state index < -0.39 is 5.97 Å². The van der Waals surface area contributed by atoms with Gasteiger partial charge >= 0.3 is 5.97 Å². The van der Waals surface area contributed by atoms with Gasteiger partial charge in [0.15, 0.2) is 0 Å². The Bertz CT molecular complexity index is 388. The lowest BCUT2D eigenvalue weighted by atomic mass is 10.1. The van der Waals surface area contributed by atoms with Gasteiger partial charge in [0.1, 0.15) is 0 Å². The smallest absolute Gasteiger partial charge is 0.336 e. The predicted molar refractivity (Wildman–Crippen MR) is 66.1 cm³/mol. The second-order valence-corrected chi connectivity index (χ2v) is 3.47. The van der Waals surface area contributed by atoms with Crippen LogP contribution in [0.3, 0.4) is 0 Å². The molecule has 0 amide bonds. The number of hydrogen-bond donors (Lipinski definition) is 1. The molecule has 2 nitrogen and oxygen atoms in total. The van der Waals surface area contributed by atoms with E-state index in [4.69, 9.17) is 5.11 Å². The first kappa shape index (κ1) is 12.2. The number of carboxylic acids is 1. The quantitative estimate of drug-likeness (QED) is 0.604. The largest absolute Gasteiger partial charge is 0.478 e. The number of carboxylic acid groups (broad SMARTS) is 1. The Labute approximate surface area is 95.9 Å². The Balaban J connectivity index is 2.88. The molecule has 0 aliphatic carbocycles. The molecule has 2 heteroatoms. The molecule has 0 aliphatic heterocycles. The molecule has 16 heavy (non-hydrogen) atoms. The Hall–Kier alpha value is -1.83. The summed E-state index contributed by atoms with van der Waals surface area (Å²) in [6.45, 7) is 2.09. The molecule has 0 unspecified atom stereocenters. The zero-order chi connectivity index (χ0) is 11.8. The van der Waals surface area contributed by atoms with E-state index in [-0.39, 0.29) is 0 Å². The zero-order valence-electron chi connectivity index (χ0n) is 9.39. The average molecular weight is 216 g/mol. The molecule has 1 aromatic carbocycles. The van der Waals surface area contributed by atoms with E-state index in [1.807, 2.05) is 24.3 Å². The molecule has 0 bridgehead atoms. The van der Waals surface area contributed by atoms with Crippen molar-refractivity contribution in [3.63, 3.8) is 0 Å². The van der Waals surface area contributed by atoms with Crippen LogP contribution in [0.2, 0.25) is 0 Å². The number of carbonyl (C=O) groups is 1. The Morgan fingerprint density at radius 1 is 1.31 bits per heavy atom. The monoisotopic (exact) mass is 216 g/mol. The maximum Gasteiger partial charge on any atom is 0.336 e. The van der Waals surface area contributed by atoms with Crippen LogP contribution in [0.15, 0.2) is 48.6 Å². The van der Waals surface area contributed by atoms with Crippen LogP contribution < -0.4 is 0 Å². The molecule has 0 heterocycles. The van der Waals surface area contributed by atoms with Crippen molar-refractivity contribution in [1.82, 2.24) is 0 Å². The highest BCUT2D eigenvalue weighted by molar-refractivity contribution is 6.15. The maximum absolute atomic E-state index is 11.1. The van der Waals surface area contributed by atoms with E-state index in [9.17, 15) is 4.79 Å². The molecular weight excluding hydrogens is 200 g/mol. The normalized spacial score (nSPS) is 11.9. The Morgan fingerprint density at radius 3 is 2.56 bits per heavy atom. The minimum atomic E-state index is -0.896. The summed E-state index contributed by atoms with van der Waals surface area (Å²) in [7, 11) is 0. The molecule has 0 radical (unpaired) electrons. The molecule has 0 aliphatic rings. The van der Waals surface area contributed by atoms with Crippen LogP contribution in [-0.2, 0) is 4.79 Å². The highest BCUT2D eigenvalue weighted by Crippen LogP contribution is 2.14. The molecule has 0 saturated heterocycles. The first-order valence-corrected chi connectivity index (χ1v) is 5.41. The number of hydrogen-bond acceptors (Lipinski definition) is 1. The van der Waals surface area contributed by atoms with Gasteiger partial charge in [-0.3, -0.25) is 0 Å². The molecule has 84 valence electrons. The molecular formula is C14H16O2. The molecule has 0 saturated carbocycles. The van der Waals surface area contributed by atoms with E-state index in [2.05, 4.69) is 6.92 Å². The third kappa shape index (κ3) is 3.73. The van der Waals surface area contributed by atoms with Crippen LogP contribution in [0.4, 0.5) is 0 Å². The molecule has 0 fully saturated rings. The predicted octanol–water partition coefficient (Wildman–Crippen LogP) is 3.51. The molecule has 0 spiro atoms. The van der Waals surface area contributed by atoms with Crippen molar-refractivity contribution in [2.45, 2.75) is 19.8 Å². The highest BCUT2D eigenvalue weighted by atomic mass is 16.4. The highest BCUT2D eigenvalue weighted by Gasteiger charge is 2.07. The van der Waals surface area contributed by atoms with Crippen LogP contribution in [0.5, 0.6) is 0 Å². The fraction of sp³-hybridized carbons (Fsp3) is 0.214. The Morgan fingerprint density at radius 2 is 2.00 bits per heavy atom. The molecule has 1 rings (SSSR count). The van der Waals surface area contributed by atoms with E-state index in [0.29, 0.717) is 5.57 Å². The minimum Gasteiger partial charge on any atom is -0.478 e. The second-order valence-electron chi connectivity index (χ2n) is 3.47. The summed E-state index contributed by atoms with van der Waals surface area (Å²) >= 11 is 0. The van der Waals surface area contributed by atoms with E-state index >= 15 is 0 Å². The van der Waals surface area contributed by atoms with Crippen LogP contribution >= 0.6 is 0 Å². The van der Waals surface area contributed by atoms with Gasteiger partial charge in [0.25, 0.3) is 0 Å². The summed E-state index contributed by atoms with van der Waals surface area (Å²) in [5.74, 6) is -0.896. The van der Waals surface area contributed by atoms with E-state index in [1.54, 1.807) is 24.3 Å². The fourth-order valence-corrected chi connectivity index (χ4v) is 1.34. The van der Waals surface area contributed by atoms with Crippen LogP contribution in [0.1, 0.15) is 25.3 Å². The molecule has 1 aromatic rings. The standard InChI is InChI=1S/C14H16O2/c1-2-3-4-8-11-13(14(15)16)12-9-6-5-7-10-12/h4-11H,2-3H2,1H3,(H,15,16)/b8-4+,13-11+. The molecule has 1 N–H and O–H groups in total. The van der Waals surface area contributed by atoms with Crippen LogP contribution in [0.25, 0.3) is 5.57 Å². The lowest BCUT2D eigenvalue weighted by Crippen LogP contribution is -1.98. The number of unbranched alkanes of at least 4 members (excludes halogenated alkanes) is 1. The van der Waals surface area contributed by atoms with Gasteiger partial charge in [-0.15, -0.1) is 0 Å². The first-order valence-electron chi connectivity index (χ1n) is 5.41. The van der Waals surface area contributed by atoms with Gasteiger partial charge in [0, 0.05) is 0 Å². The topological polar surface area (TPSA) is 37.3 Å². The minimum absolute atomic E-state index is 0.327. The lowest BCUT2D eigenvalue weighted by molar-refractivity contribution is -0.130. The summed E-state index contributed by atoms with van der Waals surface area (Å²) in [6.07, 6.45) is 7.47. The average Bonchev–Trinajstić information content (AvgIpc) is 2.30. The van der Waals surface area contributed by atoms with Crippen molar-refractivity contribution < 1.29 is 9.90 Å². The number of aliphatic carboxylic acids is 1.